The predicted octanol–water partition coefficient (Wildman–Crippen LogP) is 2.59. The van der Waals surface area contributed by atoms with Crippen LogP contribution < -0.4 is 0 Å². The Morgan fingerprint density at radius 2 is 2.30 bits per heavy atom. The molecule has 1 fully saturated rings. The van der Waals surface area contributed by atoms with E-state index in [9.17, 15) is 0 Å². The summed E-state index contributed by atoms with van der Waals surface area (Å²) in [7, 11) is 0. The van der Waals surface area contributed by atoms with Gasteiger partial charge in [0.2, 0.25) is 0 Å². The second-order valence-corrected chi connectivity index (χ2v) is 4.51. The minimum Gasteiger partial charge on any atom is -0.291 e. The van der Waals surface area contributed by atoms with Crippen molar-refractivity contribution in [1.29, 1.82) is 0 Å². The summed E-state index contributed by atoms with van der Waals surface area (Å²) in [5, 5.41) is 1.13. The highest BCUT2D eigenvalue weighted by molar-refractivity contribution is 9.09. The highest BCUT2D eigenvalue weighted by atomic mass is 79.9. The van der Waals surface area contributed by atoms with E-state index >= 15 is 0 Å². The first-order valence-electron chi connectivity index (χ1n) is 3.78. The van der Waals surface area contributed by atoms with Gasteiger partial charge >= 0.3 is 0 Å². The van der Waals surface area contributed by atoms with E-state index in [1.165, 1.54) is 32.4 Å². The summed E-state index contributed by atoms with van der Waals surface area (Å²) in [6, 6.07) is 0. The van der Waals surface area contributed by atoms with E-state index in [2.05, 4.69) is 36.8 Å². The van der Waals surface area contributed by atoms with Gasteiger partial charge in [-0.15, -0.1) is 0 Å². The number of alkyl halides is 2. The van der Waals surface area contributed by atoms with Crippen molar-refractivity contribution in [2.75, 3.05) is 18.4 Å². The van der Waals surface area contributed by atoms with Crippen molar-refractivity contribution in [3.8, 4) is 0 Å². The maximum atomic E-state index is 3.65. The molecule has 0 aromatic heterocycles. The molecule has 0 amide bonds. The first kappa shape index (κ1) is 9.01. The van der Waals surface area contributed by atoms with Gasteiger partial charge in [-0.2, -0.15) is 0 Å². The van der Waals surface area contributed by atoms with Gasteiger partial charge < -0.3 is 0 Å². The van der Waals surface area contributed by atoms with Gasteiger partial charge in [-0.05, 0) is 25.8 Å². The van der Waals surface area contributed by atoms with Crippen molar-refractivity contribution in [2.45, 2.75) is 24.2 Å². The molecule has 1 heterocycles. The molecule has 1 aliphatic heterocycles. The van der Waals surface area contributed by atoms with Crippen molar-refractivity contribution in [2.24, 2.45) is 0 Å². The second kappa shape index (κ2) is 4.73. The van der Waals surface area contributed by atoms with E-state index in [-0.39, 0.29) is 0 Å². The van der Waals surface area contributed by atoms with Crippen LogP contribution in [0.2, 0.25) is 0 Å². The van der Waals surface area contributed by atoms with E-state index < -0.39 is 0 Å². The molecule has 60 valence electrons. The summed E-state index contributed by atoms with van der Waals surface area (Å²) in [6.07, 6.45) is 3.95. The molecule has 0 aromatic rings. The third-order valence-corrected chi connectivity index (χ3v) is 3.46. The standard InChI is InChI=1S/C7H13Br2N/c8-4-2-6-10-5-1-3-7(10)9/h7H,1-6H2. The predicted molar refractivity (Wildman–Crippen MR) is 51.9 cm³/mol. The second-order valence-electron chi connectivity index (χ2n) is 2.66. The highest BCUT2D eigenvalue weighted by Gasteiger charge is 2.20. The number of hydrogen-bond acceptors (Lipinski definition) is 1. The van der Waals surface area contributed by atoms with Crippen LogP contribution in [0.25, 0.3) is 0 Å². The van der Waals surface area contributed by atoms with E-state index in [0.29, 0.717) is 4.95 Å². The van der Waals surface area contributed by atoms with Crippen molar-refractivity contribution < 1.29 is 0 Å². The largest absolute Gasteiger partial charge is 0.291 e. The Morgan fingerprint density at radius 3 is 2.80 bits per heavy atom. The van der Waals surface area contributed by atoms with Gasteiger partial charge in [-0.3, -0.25) is 4.90 Å². The van der Waals surface area contributed by atoms with Gasteiger partial charge in [0.1, 0.15) is 0 Å². The molecule has 1 saturated heterocycles. The van der Waals surface area contributed by atoms with Crippen LogP contribution in [-0.2, 0) is 0 Å². The fourth-order valence-electron chi connectivity index (χ4n) is 1.30. The summed E-state index contributed by atoms with van der Waals surface area (Å²) in [6.45, 7) is 2.52. The molecular formula is C7H13Br2N. The summed E-state index contributed by atoms with van der Waals surface area (Å²) in [5.74, 6) is 0. The SMILES string of the molecule is BrCCCN1CCCC1Br. The first-order valence-corrected chi connectivity index (χ1v) is 5.82. The van der Waals surface area contributed by atoms with Gasteiger partial charge in [-0.25, -0.2) is 0 Å². The van der Waals surface area contributed by atoms with Crippen LogP contribution in [0.15, 0.2) is 0 Å². The van der Waals surface area contributed by atoms with Crippen LogP contribution in [0.5, 0.6) is 0 Å². The van der Waals surface area contributed by atoms with Crippen LogP contribution in [0.1, 0.15) is 19.3 Å². The molecule has 10 heavy (non-hydrogen) atoms. The van der Waals surface area contributed by atoms with Gasteiger partial charge in [-0.1, -0.05) is 31.9 Å². The summed E-state index contributed by atoms with van der Waals surface area (Å²) < 4.78 is 0. The zero-order chi connectivity index (χ0) is 7.40. The minimum atomic E-state index is 0.659. The van der Waals surface area contributed by atoms with Crippen molar-refractivity contribution in [3.63, 3.8) is 0 Å². The zero-order valence-corrected chi connectivity index (χ0v) is 9.20. The molecule has 0 aromatic carbocycles. The Bertz CT molecular complexity index is 97.6. The Kier molecular flexibility index (Phi) is 4.26. The fourth-order valence-corrected chi connectivity index (χ4v) is 2.28. The molecule has 1 nitrogen and oxygen atoms in total. The van der Waals surface area contributed by atoms with Crippen molar-refractivity contribution >= 4 is 31.9 Å². The molecule has 0 saturated carbocycles. The molecule has 0 bridgehead atoms. The average molecular weight is 271 g/mol. The smallest absolute Gasteiger partial charge is 0.0656 e. The fraction of sp³-hybridized carbons (Fsp3) is 1.00. The highest BCUT2D eigenvalue weighted by Crippen LogP contribution is 2.21. The topological polar surface area (TPSA) is 3.24 Å². The summed E-state index contributed by atoms with van der Waals surface area (Å²) in [5.41, 5.74) is 0. The van der Waals surface area contributed by atoms with E-state index in [4.69, 9.17) is 0 Å². The number of nitrogens with zero attached hydrogens (tertiary/aromatic N) is 1. The van der Waals surface area contributed by atoms with Gasteiger partial charge in [0.25, 0.3) is 0 Å². The normalized spacial score (nSPS) is 27.6. The lowest BCUT2D eigenvalue weighted by Gasteiger charge is -2.18. The van der Waals surface area contributed by atoms with Gasteiger partial charge in [0, 0.05) is 11.9 Å². The summed E-state index contributed by atoms with van der Waals surface area (Å²) in [4.78, 5) is 3.16. The monoisotopic (exact) mass is 269 g/mol. The van der Waals surface area contributed by atoms with Crippen LogP contribution in [0, 0.1) is 0 Å². The Morgan fingerprint density at radius 1 is 1.50 bits per heavy atom. The molecule has 1 atom stereocenters. The molecule has 3 heteroatoms. The molecule has 1 unspecified atom stereocenters. The average Bonchev–Trinajstić information content (AvgIpc) is 2.31. The van der Waals surface area contributed by atoms with Crippen LogP contribution >= 0.6 is 31.9 Å². The van der Waals surface area contributed by atoms with Crippen molar-refractivity contribution in [3.05, 3.63) is 0 Å². The Hall–Kier alpha value is 0.920. The maximum Gasteiger partial charge on any atom is 0.0656 e. The quantitative estimate of drug-likeness (QED) is 0.563. The van der Waals surface area contributed by atoms with Crippen molar-refractivity contribution in [1.82, 2.24) is 4.90 Å². The Labute approximate surface area is 79.4 Å². The van der Waals surface area contributed by atoms with E-state index in [1.54, 1.807) is 0 Å². The molecule has 0 radical (unpaired) electrons. The molecule has 1 aliphatic rings. The third kappa shape index (κ3) is 2.51. The zero-order valence-electron chi connectivity index (χ0n) is 6.02. The molecule has 0 aliphatic carbocycles. The van der Waals surface area contributed by atoms with Crippen LogP contribution in [-0.4, -0.2) is 28.3 Å². The number of hydrogen-bond donors (Lipinski definition) is 0. The third-order valence-electron chi connectivity index (χ3n) is 1.86. The molecule has 0 N–H and O–H groups in total. The van der Waals surface area contributed by atoms with Gasteiger partial charge in [0.15, 0.2) is 0 Å². The number of likely N-dealkylation sites (tertiary alicyclic amines) is 1. The number of rotatable bonds is 3. The lowest BCUT2D eigenvalue weighted by Crippen LogP contribution is -2.25. The number of halogens is 2. The first-order chi connectivity index (χ1) is 4.84. The summed E-state index contributed by atoms with van der Waals surface area (Å²) >= 11 is 7.08. The minimum absolute atomic E-state index is 0.659. The van der Waals surface area contributed by atoms with Gasteiger partial charge in [0.05, 0.1) is 4.95 Å². The molecule has 1 rings (SSSR count). The molecular weight excluding hydrogens is 258 g/mol. The Balaban J connectivity index is 2.14. The van der Waals surface area contributed by atoms with Crippen LogP contribution in [0.4, 0.5) is 0 Å². The molecule has 0 spiro atoms. The van der Waals surface area contributed by atoms with E-state index in [0.717, 1.165) is 5.33 Å². The maximum absolute atomic E-state index is 3.65. The lowest BCUT2D eigenvalue weighted by molar-refractivity contribution is 0.323. The van der Waals surface area contributed by atoms with Crippen LogP contribution in [0.3, 0.4) is 0 Å². The van der Waals surface area contributed by atoms with E-state index in [1.807, 2.05) is 0 Å². The lowest BCUT2D eigenvalue weighted by atomic mass is 10.4.